The lowest BCUT2D eigenvalue weighted by Crippen LogP contribution is -2.34. The van der Waals surface area contributed by atoms with Crippen LogP contribution < -0.4 is 10.2 Å². The molecule has 0 bridgehead atoms. The molecule has 11 heteroatoms. The van der Waals surface area contributed by atoms with Gasteiger partial charge in [0.15, 0.2) is 5.78 Å². The summed E-state index contributed by atoms with van der Waals surface area (Å²) in [6.07, 6.45) is -0.499. The summed E-state index contributed by atoms with van der Waals surface area (Å²) in [5.74, 6) is -1.97. The Labute approximate surface area is 263 Å². The molecule has 3 aromatic rings. The molecule has 1 aliphatic carbocycles. The molecular weight excluding hydrogens is 630 g/mol. The minimum Gasteiger partial charge on any atom is -0.443 e. The monoisotopic (exact) mass is 654 g/mol. The molecule has 2 atom stereocenters. The van der Waals surface area contributed by atoms with Crippen LogP contribution in [0, 0.1) is 5.92 Å². The van der Waals surface area contributed by atoms with E-state index in [0.717, 1.165) is 0 Å². The van der Waals surface area contributed by atoms with Crippen molar-refractivity contribution in [1.82, 2.24) is 0 Å². The van der Waals surface area contributed by atoms with Gasteiger partial charge in [-0.3, -0.25) is 14.5 Å². The molecule has 0 aliphatic heterocycles. The first-order valence-electron chi connectivity index (χ1n) is 12.6. The lowest BCUT2D eigenvalue weighted by Gasteiger charge is -2.25. The summed E-state index contributed by atoms with van der Waals surface area (Å²) in [5.41, 5.74) is 1.84. The second-order valence-electron chi connectivity index (χ2n) is 10.8. The van der Waals surface area contributed by atoms with E-state index < -0.39 is 33.8 Å². The average Bonchev–Trinajstić information content (AvgIpc) is 3.45. The van der Waals surface area contributed by atoms with Crippen LogP contribution in [0.25, 0.3) is 0 Å². The SMILES string of the molecule is CN(C(=O)OC(C)(C)C)c1cccc(CC(=O)c2cc(NC(=O)C3C(c4cc(Cl)cc(Cl)c4)C3(Cl)Cl)ccc2Cl)c1. The lowest BCUT2D eigenvalue weighted by atomic mass is 10.0. The zero-order chi connectivity index (χ0) is 30.3. The predicted molar refractivity (Wildman–Crippen MR) is 166 cm³/mol. The van der Waals surface area contributed by atoms with E-state index in [9.17, 15) is 14.4 Å². The molecule has 41 heavy (non-hydrogen) atoms. The average molecular weight is 657 g/mol. The fourth-order valence-corrected chi connectivity index (χ4v) is 6.04. The Morgan fingerprint density at radius 1 is 0.951 bits per heavy atom. The number of amides is 2. The van der Waals surface area contributed by atoms with E-state index in [1.807, 2.05) is 0 Å². The van der Waals surface area contributed by atoms with Crippen LogP contribution in [0.5, 0.6) is 0 Å². The van der Waals surface area contributed by atoms with E-state index in [1.165, 1.54) is 17.0 Å². The van der Waals surface area contributed by atoms with Gasteiger partial charge in [-0.1, -0.05) is 46.9 Å². The van der Waals surface area contributed by atoms with E-state index in [0.29, 0.717) is 32.5 Å². The van der Waals surface area contributed by atoms with E-state index >= 15 is 0 Å². The van der Waals surface area contributed by atoms with Crippen molar-refractivity contribution in [3.05, 3.63) is 92.4 Å². The fraction of sp³-hybridized carbons (Fsp3) is 0.300. The number of ether oxygens (including phenoxy) is 1. The van der Waals surface area contributed by atoms with Gasteiger partial charge in [-0.25, -0.2) is 4.79 Å². The Balaban J connectivity index is 1.47. The van der Waals surface area contributed by atoms with Crippen molar-refractivity contribution >= 4 is 87.2 Å². The highest BCUT2D eigenvalue weighted by atomic mass is 35.5. The van der Waals surface area contributed by atoms with Gasteiger partial charge >= 0.3 is 6.09 Å². The van der Waals surface area contributed by atoms with Gasteiger partial charge in [0.05, 0.1) is 10.9 Å². The number of hydrogen-bond acceptors (Lipinski definition) is 4. The number of carbonyl (C=O) groups excluding carboxylic acids is 3. The van der Waals surface area contributed by atoms with Crippen molar-refractivity contribution in [2.75, 3.05) is 17.3 Å². The largest absolute Gasteiger partial charge is 0.443 e. The van der Waals surface area contributed by atoms with Crippen molar-refractivity contribution < 1.29 is 19.1 Å². The summed E-state index contributed by atoms with van der Waals surface area (Å²) in [6, 6.07) is 16.6. The van der Waals surface area contributed by atoms with Gasteiger partial charge in [0.2, 0.25) is 5.91 Å². The topological polar surface area (TPSA) is 75.7 Å². The van der Waals surface area contributed by atoms with Crippen LogP contribution in [0.1, 0.15) is 48.2 Å². The predicted octanol–water partition coefficient (Wildman–Crippen LogP) is 8.97. The van der Waals surface area contributed by atoms with Gasteiger partial charge in [0.25, 0.3) is 0 Å². The van der Waals surface area contributed by atoms with E-state index in [-0.39, 0.29) is 22.8 Å². The third-order valence-electron chi connectivity index (χ3n) is 6.44. The summed E-state index contributed by atoms with van der Waals surface area (Å²) in [7, 11) is 1.60. The number of nitrogens with zero attached hydrogens (tertiary/aromatic N) is 1. The standard InChI is InChI=1S/C30H27Cl5N2O4/c1-29(2,3)41-28(40)37(4)21-7-5-6-16(10-21)11-24(38)22-15-20(8-9-23(22)33)36-27(39)26-25(30(26,34)35)17-12-18(31)14-19(32)13-17/h5-10,12-15,25-26H,11H2,1-4H3,(H,36,39). The van der Waals surface area contributed by atoms with Crippen LogP contribution in [0.15, 0.2) is 60.7 Å². The Bertz CT molecular complexity index is 1500. The number of rotatable bonds is 7. The van der Waals surface area contributed by atoms with Gasteiger partial charge in [-0.15, -0.1) is 23.2 Å². The molecule has 1 aliphatic rings. The molecule has 0 heterocycles. The highest BCUT2D eigenvalue weighted by Crippen LogP contribution is 2.65. The van der Waals surface area contributed by atoms with Gasteiger partial charge in [0.1, 0.15) is 9.93 Å². The molecule has 3 aromatic carbocycles. The van der Waals surface area contributed by atoms with Crippen molar-refractivity contribution in [2.45, 2.75) is 43.0 Å². The number of benzene rings is 3. The minimum atomic E-state index is -1.35. The number of carbonyl (C=O) groups is 3. The van der Waals surface area contributed by atoms with Crippen LogP contribution in [0.3, 0.4) is 0 Å². The summed E-state index contributed by atoms with van der Waals surface area (Å²) in [4.78, 5) is 40.2. The first-order chi connectivity index (χ1) is 19.1. The first-order valence-corrected chi connectivity index (χ1v) is 14.5. The molecule has 0 aromatic heterocycles. The number of Topliss-reactive ketones (excluding diaryl/α,β-unsaturated/α-hetero) is 1. The zero-order valence-corrected chi connectivity index (χ0v) is 26.4. The third kappa shape index (κ3) is 7.49. The minimum absolute atomic E-state index is 0.0137. The summed E-state index contributed by atoms with van der Waals surface area (Å²) in [5, 5.41) is 3.84. The van der Waals surface area contributed by atoms with Crippen LogP contribution in [-0.2, 0) is 16.0 Å². The van der Waals surface area contributed by atoms with Gasteiger partial charge < -0.3 is 10.1 Å². The molecular formula is C30H27Cl5N2O4. The van der Waals surface area contributed by atoms with E-state index in [2.05, 4.69) is 5.32 Å². The molecule has 0 spiro atoms. The van der Waals surface area contributed by atoms with E-state index in [4.69, 9.17) is 62.7 Å². The molecule has 2 amide bonds. The summed E-state index contributed by atoms with van der Waals surface area (Å²) < 4.78 is 4.07. The number of ketones is 1. The van der Waals surface area contributed by atoms with Crippen LogP contribution in [0.4, 0.5) is 16.2 Å². The maximum atomic E-state index is 13.3. The molecule has 216 valence electrons. The van der Waals surface area contributed by atoms with Crippen molar-refractivity contribution in [1.29, 1.82) is 0 Å². The molecule has 6 nitrogen and oxygen atoms in total. The Hall–Kier alpha value is -2.48. The van der Waals surface area contributed by atoms with Gasteiger partial charge in [0, 0.05) is 46.4 Å². The number of nitrogens with one attached hydrogen (secondary N) is 1. The highest BCUT2D eigenvalue weighted by Gasteiger charge is 2.67. The second-order valence-corrected chi connectivity index (χ2v) is 13.6. The van der Waals surface area contributed by atoms with Crippen molar-refractivity contribution in [2.24, 2.45) is 5.92 Å². The van der Waals surface area contributed by atoms with Crippen molar-refractivity contribution in [3.63, 3.8) is 0 Å². The van der Waals surface area contributed by atoms with Gasteiger partial charge in [-0.05, 0) is 80.4 Å². The third-order valence-corrected chi connectivity index (χ3v) is 8.15. The fourth-order valence-electron chi connectivity index (χ4n) is 4.45. The Morgan fingerprint density at radius 3 is 2.24 bits per heavy atom. The number of anilines is 2. The van der Waals surface area contributed by atoms with Crippen LogP contribution in [-0.4, -0.2) is 34.8 Å². The van der Waals surface area contributed by atoms with E-state index in [1.54, 1.807) is 76.3 Å². The molecule has 0 radical (unpaired) electrons. The maximum absolute atomic E-state index is 13.3. The Morgan fingerprint density at radius 2 is 1.61 bits per heavy atom. The van der Waals surface area contributed by atoms with Gasteiger partial charge in [-0.2, -0.15) is 0 Å². The summed E-state index contributed by atoms with van der Waals surface area (Å²) in [6.45, 7) is 5.36. The first kappa shape index (κ1) is 31.5. The number of hydrogen-bond donors (Lipinski definition) is 1. The van der Waals surface area contributed by atoms with Crippen molar-refractivity contribution in [3.8, 4) is 0 Å². The van der Waals surface area contributed by atoms with Crippen LogP contribution >= 0.6 is 58.0 Å². The zero-order valence-electron chi connectivity index (χ0n) is 22.6. The van der Waals surface area contributed by atoms with Crippen LogP contribution in [0.2, 0.25) is 15.1 Å². The maximum Gasteiger partial charge on any atom is 0.414 e. The molecule has 4 rings (SSSR count). The molecule has 1 fully saturated rings. The quantitative estimate of drug-likeness (QED) is 0.204. The molecule has 1 N–H and O–H groups in total. The normalized spacial score (nSPS) is 17.5. The molecule has 2 unspecified atom stereocenters. The Kier molecular flexibility index (Phi) is 9.22. The second kappa shape index (κ2) is 12.0. The highest BCUT2D eigenvalue weighted by molar-refractivity contribution is 6.53. The summed E-state index contributed by atoms with van der Waals surface area (Å²) >= 11 is 31.5. The number of halogens is 5. The number of alkyl halides is 2. The molecule has 0 saturated heterocycles. The smallest absolute Gasteiger partial charge is 0.414 e. The molecule has 1 saturated carbocycles. The lowest BCUT2D eigenvalue weighted by molar-refractivity contribution is -0.117.